The molecule has 1 aliphatic rings. The molecule has 176 valence electrons. The van der Waals surface area contributed by atoms with Crippen molar-refractivity contribution in [3.05, 3.63) is 51.9 Å². The Kier molecular flexibility index (Phi) is 6.80. The molecule has 33 heavy (non-hydrogen) atoms. The van der Waals surface area contributed by atoms with Crippen LogP contribution in [0.15, 0.2) is 29.8 Å². The van der Waals surface area contributed by atoms with Crippen LogP contribution < -0.4 is 5.32 Å². The Balaban J connectivity index is 1.39. The minimum Gasteiger partial charge on any atom is -0.317 e. The van der Waals surface area contributed by atoms with E-state index in [4.69, 9.17) is 0 Å². The third-order valence-corrected chi connectivity index (χ3v) is 6.66. The first-order valence-electron chi connectivity index (χ1n) is 10.7. The van der Waals surface area contributed by atoms with Crippen molar-refractivity contribution < 1.29 is 18.0 Å². The van der Waals surface area contributed by atoms with Crippen LogP contribution >= 0.6 is 11.3 Å². The number of halogens is 3. The monoisotopic (exact) mass is 478 g/mol. The Morgan fingerprint density at radius 2 is 2.03 bits per heavy atom. The van der Waals surface area contributed by atoms with Gasteiger partial charge < -0.3 is 10.2 Å². The Labute approximate surface area is 193 Å². The number of aryl methyl sites for hydroxylation is 2. The zero-order valence-electron chi connectivity index (χ0n) is 18.4. The average Bonchev–Trinajstić information content (AvgIpc) is 3.39. The summed E-state index contributed by atoms with van der Waals surface area (Å²) in [5, 5.41) is 9.90. The zero-order chi connectivity index (χ0) is 23.6. The van der Waals surface area contributed by atoms with Gasteiger partial charge in [0.25, 0.3) is 5.91 Å². The Morgan fingerprint density at radius 3 is 2.70 bits per heavy atom. The van der Waals surface area contributed by atoms with Crippen molar-refractivity contribution >= 4 is 22.9 Å². The number of nitrogens with zero attached hydrogens (tertiary/aromatic N) is 5. The summed E-state index contributed by atoms with van der Waals surface area (Å²) in [4.78, 5) is 23.6. The molecule has 4 heterocycles. The topological polar surface area (TPSA) is 75.9 Å². The quantitative estimate of drug-likeness (QED) is 0.555. The number of piperidine rings is 1. The number of hydrogen-bond acceptors (Lipinski definition) is 6. The van der Waals surface area contributed by atoms with E-state index in [0.29, 0.717) is 30.3 Å². The smallest absolute Gasteiger partial charge is 0.317 e. The standard InChI is InChI=1S/C22H25F3N6OS/c1-14-12-15(2)31(29-14)19-17(4-3-8-26-19)27-20(32)18-13-33-21(28-18)16-5-9-30(10-6-16)11-7-22(23,24)25/h3-4,8,12-13,16H,5-7,9-11H2,1-2H3,(H,27,32). The number of aromatic nitrogens is 4. The van der Waals surface area contributed by atoms with Gasteiger partial charge in [0, 0.05) is 29.7 Å². The predicted molar refractivity (Wildman–Crippen MR) is 120 cm³/mol. The molecule has 0 unspecified atom stereocenters. The second-order valence-corrected chi connectivity index (χ2v) is 9.11. The third kappa shape index (κ3) is 5.77. The minimum absolute atomic E-state index is 0.0322. The van der Waals surface area contributed by atoms with Crippen LogP contribution in [-0.4, -0.2) is 56.4 Å². The van der Waals surface area contributed by atoms with Gasteiger partial charge in [-0.2, -0.15) is 18.3 Å². The van der Waals surface area contributed by atoms with Crippen LogP contribution in [0.5, 0.6) is 0 Å². The van der Waals surface area contributed by atoms with Crippen molar-refractivity contribution in [2.24, 2.45) is 0 Å². The third-order valence-electron chi connectivity index (χ3n) is 5.65. The number of hydrogen-bond donors (Lipinski definition) is 1. The van der Waals surface area contributed by atoms with Gasteiger partial charge in [-0.3, -0.25) is 4.79 Å². The van der Waals surface area contributed by atoms with Crippen LogP contribution in [0.3, 0.4) is 0 Å². The van der Waals surface area contributed by atoms with Crippen LogP contribution in [0.2, 0.25) is 0 Å². The minimum atomic E-state index is -4.13. The van der Waals surface area contributed by atoms with Crippen LogP contribution in [0.25, 0.3) is 5.82 Å². The molecule has 3 aromatic heterocycles. The number of carbonyl (C=O) groups excluding carboxylic acids is 1. The van der Waals surface area contributed by atoms with Crippen molar-refractivity contribution in [1.82, 2.24) is 24.6 Å². The molecular formula is C22H25F3N6OS. The van der Waals surface area contributed by atoms with E-state index < -0.39 is 12.6 Å². The molecule has 0 atom stereocenters. The SMILES string of the molecule is Cc1cc(C)n(-c2ncccc2NC(=O)c2csc(C3CCN(CCC(F)(F)F)CC3)n2)n1. The van der Waals surface area contributed by atoms with Gasteiger partial charge in [-0.05, 0) is 58.0 Å². The maximum Gasteiger partial charge on any atom is 0.390 e. The summed E-state index contributed by atoms with van der Waals surface area (Å²) in [6, 6.07) is 5.44. The summed E-state index contributed by atoms with van der Waals surface area (Å²) < 4.78 is 39.0. The number of pyridine rings is 1. The predicted octanol–water partition coefficient (Wildman–Crippen LogP) is 4.72. The van der Waals surface area contributed by atoms with E-state index >= 15 is 0 Å². The summed E-state index contributed by atoms with van der Waals surface area (Å²) >= 11 is 1.42. The summed E-state index contributed by atoms with van der Waals surface area (Å²) in [6.45, 7) is 5.04. The molecule has 1 fully saturated rings. The van der Waals surface area contributed by atoms with Crippen molar-refractivity contribution in [1.29, 1.82) is 0 Å². The van der Waals surface area contributed by atoms with Gasteiger partial charge in [0.1, 0.15) is 5.69 Å². The van der Waals surface area contributed by atoms with E-state index in [9.17, 15) is 18.0 Å². The molecular weight excluding hydrogens is 453 g/mol. The molecule has 0 saturated carbocycles. The summed E-state index contributed by atoms with van der Waals surface area (Å²) in [5.74, 6) is 0.344. The van der Waals surface area contributed by atoms with Crippen molar-refractivity contribution in [2.75, 3.05) is 25.0 Å². The number of rotatable bonds is 6. The van der Waals surface area contributed by atoms with Gasteiger partial charge in [0.2, 0.25) is 0 Å². The number of anilines is 1. The van der Waals surface area contributed by atoms with Gasteiger partial charge in [-0.15, -0.1) is 11.3 Å². The lowest BCUT2D eigenvalue weighted by atomic mass is 9.97. The highest BCUT2D eigenvalue weighted by Crippen LogP contribution is 2.31. The number of carbonyl (C=O) groups is 1. The van der Waals surface area contributed by atoms with Gasteiger partial charge >= 0.3 is 6.18 Å². The Bertz CT molecular complexity index is 1120. The molecule has 4 rings (SSSR count). The van der Waals surface area contributed by atoms with Crippen molar-refractivity contribution in [2.45, 2.75) is 45.2 Å². The van der Waals surface area contributed by atoms with Crippen LogP contribution in [0.1, 0.15) is 52.1 Å². The molecule has 0 aliphatic carbocycles. The summed E-state index contributed by atoms with van der Waals surface area (Å²) in [7, 11) is 0. The molecule has 3 aromatic rings. The lowest BCUT2D eigenvalue weighted by Gasteiger charge is -2.31. The highest BCUT2D eigenvalue weighted by molar-refractivity contribution is 7.10. The molecule has 0 radical (unpaired) electrons. The van der Waals surface area contributed by atoms with Gasteiger partial charge in [-0.1, -0.05) is 0 Å². The first-order valence-corrected chi connectivity index (χ1v) is 11.6. The fourth-order valence-electron chi connectivity index (χ4n) is 3.96. The molecule has 7 nitrogen and oxygen atoms in total. The maximum absolute atomic E-state index is 12.9. The molecule has 1 aliphatic heterocycles. The normalized spacial score (nSPS) is 15.7. The number of thiazole rings is 1. The first-order chi connectivity index (χ1) is 15.7. The first kappa shape index (κ1) is 23.4. The van der Waals surface area contributed by atoms with E-state index in [0.717, 1.165) is 29.2 Å². The van der Waals surface area contributed by atoms with Crippen molar-refractivity contribution in [3.63, 3.8) is 0 Å². The largest absolute Gasteiger partial charge is 0.390 e. The van der Waals surface area contributed by atoms with Gasteiger partial charge in [-0.25, -0.2) is 14.6 Å². The van der Waals surface area contributed by atoms with Crippen LogP contribution in [-0.2, 0) is 0 Å². The van der Waals surface area contributed by atoms with Gasteiger partial charge in [0.15, 0.2) is 5.82 Å². The van der Waals surface area contributed by atoms with Crippen molar-refractivity contribution in [3.8, 4) is 5.82 Å². The fourth-order valence-corrected chi connectivity index (χ4v) is 4.93. The van der Waals surface area contributed by atoms with E-state index in [-0.39, 0.29) is 18.4 Å². The Hall–Kier alpha value is -2.79. The van der Waals surface area contributed by atoms with E-state index in [2.05, 4.69) is 20.4 Å². The number of amides is 1. The van der Waals surface area contributed by atoms with Crippen LogP contribution in [0, 0.1) is 13.8 Å². The lowest BCUT2D eigenvalue weighted by molar-refractivity contribution is -0.138. The number of likely N-dealkylation sites (tertiary alicyclic amines) is 1. The Morgan fingerprint density at radius 1 is 1.27 bits per heavy atom. The number of alkyl halides is 3. The molecule has 0 aromatic carbocycles. The highest BCUT2D eigenvalue weighted by atomic mass is 32.1. The molecule has 1 amide bonds. The molecule has 0 bridgehead atoms. The zero-order valence-corrected chi connectivity index (χ0v) is 19.2. The number of nitrogens with one attached hydrogen (secondary N) is 1. The van der Waals surface area contributed by atoms with E-state index in [1.807, 2.05) is 24.8 Å². The second kappa shape index (κ2) is 9.60. The maximum atomic E-state index is 12.9. The van der Waals surface area contributed by atoms with Crippen LogP contribution in [0.4, 0.5) is 18.9 Å². The fraction of sp³-hybridized carbons (Fsp3) is 0.455. The molecule has 11 heteroatoms. The summed E-state index contributed by atoms with van der Waals surface area (Å²) in [5.41, 5.74) is 2.60. The van der Waals surface area contributed by atoms with Gasteiger partial charge in [0.05, 0.1) is 22.8 Å². The molecule has 1 saturated heterocycles. The van der Waals surface area contributed by atoms with E-state index in [1.165, 1.54) is 11.3 Å². The highest BCUT2D eigenvalue weighted by Gasteiger charge is 2.30. The molecule has 1 N–H and O–H groups in total. The lowest BCUT2D eigenvalue weighted by Crippen LogP contribution is -2.35. The van der Waals surface area contributed by atoms with E-state index in [1.54, 1.807) is 28.4 Å². The molecule has 0 spiro atoms. The average molecular weight is 479 g/mol. The summed E-state index contributed by atoms with van der Waals surface area (Å²) in [6.07, 6.45) is -1.80. The second-order valence-electron chi connectivity index (χ2n) is 8.22.